The lowest BCUT2D eigenvalue weighted by atomic mass is 10.0. The third-order valence-corrected chi connectivity index (χ3v) is 5.04. The number of rotatable bonds is 10. The fourth-order valence-electron chi connectivity index (χ4n) is 3.45. The Morgan fingerprint density at radius 3 is 1.00 bits per heavy atom. The fraction of sp³-hybridized carbons (Fsp3) is 0.0714. The smallest absolute Gasteiger partial charge is 0.150 e. The van der Waals surface area contributed by atoms with E-state index >= 15 is 0 Å². The van der Waals surface area contributed by atoms with Crippen molar-refractivity contribution in [2.45, 2.75) is 0 Å². The van der Waals surface area contributed by atoms with Crippen molar-refractivity contribution in [2.75, 3.05) is 14.2 Å². The van der Waals surface area contributed by atoms with Crippen LogP contribution in [0.2, 0.25) is 0 Å². The lowest BCUT2D eigenvalue weighted by Crippen LogP contribution is -1.93. The molecular formula is C28H22O6. The van der Waals surface area contributed by atoms with Gasteiger partial charge < -0.3 is 9.47 Å². The Bertz CT molecular complexity index is 1150. The van der Waals surface area contributed by atoms with Gasteiger partial charge in [0.15, 0.2) is 0 Å². The molecule has 0 heterocycles. The monoisotopic (exact) mass is 454 g/mol. The van der Waals surface area contributed by atoms with Crippen LogP contribution in [0.1, 0.15) is 63.7 Å². The highest BCUT2D eigenvalue weighted by Crippen LogP contribution is 2.32. The summed E-state index contributed by atoms with van der Waals surface area (Å²) in [7, 11) is 3.10. The predicted molar refractivity (Wildman–Crippen MR) is 132 cm³/mol. The van der Waals surface area contributed by atoms with Crippen molar-refractivity contribution >= 4 is 49.4 Å². The summed E-state index contributed by atoms with van der Waals surface area (Å²) in [5, 5.41) is 0. The topological polar surface area (TPSA) is 86.7 Å². The van der Waals surface area contributed by atoms with E-state index in [4.69, 9.17) is 9.47 Å². The van der Waals surface area contributed by atoms with Crippen LogP contribution in [0.3, 0.4) is 0 Å². The molecule has 0 fully saturated rings. The van der Waals surface area contributed by atoms with Crippen molar-refractivity contribution < 1.29 is 28.7 Å². The molecule has 0 aliphatic carbocycles. The van der Waals surface area contributed by atoms with E-state index in [1.165, 1.54) is 12.1 Å². The second-order valence-electron chi connectivity index (χ2n) is 7.34. The van der Waals surface area contributed by atoms with E-state index < -0.39 is 0 Å². The molecule has 3 aromatic carbocycles. The van der Waals surface area contributed by atoms with Gasteiger partial charge in [0, 0.05) is 33.4 Å². The number of aldehydes is 4. The molecule has 0 aliphatic rings. The van der Waals surface area contributed by atoms with Crippen LogP contribution < -0.4 is 9.47 Å². The van der Waals surface area contributed by atoms with E-state index in [2.05, 4.69) is 0 Å². The normalized spacial score (nSPS) is 10.9. The van der Waals surface area contributed by atoms with Crippen LogP contribution in [0.15, 0.2) is 48.5 Å². The van der Waals surface area contributed by atoms with Gasteiger partial charge in [0.25, 0.3) is 0 Å². The van der Waals surface area contributed by atoms with Crippen LogP contribution in [0, 0.1) is 0 Å². The van der Waals surface area contributed by atoms with Crippen LogP contribution in [-0.4, -0.2) is 39.4 Å². The molecule has 0 bridgehead atoms. The zero-order valence-corrected chi connectivity index (χ0v) is 18.7. The molecule has 0 unspecified atom stereocenters. The number of carbonyl (C=O) groups excluding carboxylic acids is 4. The summed E-state index contributed by atoms with van der Waals surface area (Å²) in [5.41, 5.74) is 4.47. The lowest BCUT2D eigenvalue weighted by Gasteiger charge is -2.11. The van der Waals surface area contributed by atoms with Gasteiger partial charge in [-0.1, -0.05) is 24.3 Å². The Kier molecular flexibility index (Phi) is 8.02. The average molecular weight is 454 g/mol. The maximum absolute atomic E-state index is 11.1. The van der Waals surface area contributed by atoms with E-state index in [9.17, 15) is 19.2 Å². The van der Waals surface area contributed by atoms with Gasteiger partial charge in [0.2, 0.25) is 0 Å². The summed E-state index contributed by atoms with van der Waals surface area (Å²) in [6, 6.07) is 13.4. The molecule has 0 amide bonds. The zero-order chi connectivity index (χ0) is 24.5. The van der Waals surface area contributed by atoms with Gasteiger partial charge in [0.1, 0.15) is 36.6 Å². The van der Waals surface area contributed by atoms with Gasteiger partial charge in [-0.25, -0.2) is 0 Å². The molecule has 0 aromatic heterocycles. The number of hydrogen-bond donors (Lipinski definition) is 0. The Morgan fingerprint density at radius 1 is 0.441 bits per heavy atom. The Labute approximate surface area is 197 Å². The number of ether oxygens (including phenoxy) is 2. The number of carbonyl (C=O) groups is 4. The maximum atomic E-state index is 11.1. The van der Waals surface area contributed by atoms with Crippen molar-refractivity contribution in [2.24, 2.45) is 0 Å². The summed E-state index contributed by atoms with van der Waals surface area (Å²) in [4.78, 5) is 44.6. The first-order valence-electron chi connectivity index (χ1n) is 10.3. The van der Waals surface area contributed by atoms with Gasteiger partial charge in [-0.2, -0.15) is 0 Å². The molecule has 170 valence electrons. The standard InChI is InChI=1S/C28H22O6/c1-33-27-13-26(6-4-20-9-23(17-31)12-24(10-20)18-32)28(34-2)14-25(27)5-3-19-7-21(15-29)11-22(8-19)16-30/h3-18H,1-2H3/b5-3+,6-4+. The first-order valence-corrected chi connectivity index (χ1v) is 10.3. The fourth-order valence-corrected chi connectivity index (χ4v) is 3.45. The largest absolute Gasteiger partial charge is 0.496 e. The molecule has 6 heteroatoms. The highest BCUT2D eigenvalue weighted by atomic mass is 16.5. The zero-order valence-electron chi connectivity index (χ0n) is 18.7. The summed E-state index contributed by atoms with van der Waals surface area (Å²) in [6.45, 7) is 0. The number of methoxy groups -OCH3 is 2. The van der Waals surface area contributed by atoms with Gasteiger partial charge in [0.05, 0.1) is 14.2 Å². The third-order valence-electron chi connectivity index (χ3n) is 5.04. The second-order valence-corrected chi connectivity index (χ2v) is 7.34. The SMILES string of the molecule is COc1cc(/C=C/c2cc(C=O)cc(C=O)c2)c(OC)cc1/C=C/c1cc(C=O)cc(C=O)c1. The van der Waals surface area contributed by atoms with E-state index in [1.807, 2.05) is 0 Å². The molecular weight excluding hydrogens is 432 g/mol. The first-order chi connectivity index (χ1) is 16.5. The Hall–Kier alpha value is -4.58. The van der Waals surface area contributed by atoms with E-state index in [1.54, 1.807) is 74.9 Å². The van der Waals surface area contributed by atoms with E-state index in [0.29, 0.717) is 70.0 Å². The highest BCUT2D eigenvalue weighted by Gasteiger charge is 2.09. The number of benzene rings is 3. The quantitative estimate of drug-likeness (QED) is 0.305. The van der Waals surface area contributed by atoms with Crippen LogP contribution in [0.25, 0.3) is 24.3 Å². The minimum Gasteiger partial charge on any atom is -0.496 e. The molecule has 0 saturated heterocycles. The molecule has 34 heavy (non-hydrogen) atoms. The predicted octanol–water partition coefficient (Wildman–Crippen LogP) is 5.29. The lowest BCUT2D eigenvalue weighted by molar-refractivity contribution is 0.111. The third kappa shape index (κ3) is 5.81. The molecule has 0 spiro atoms. The first kappa shape index (κ1) is 24.1. The molecule has 0 N–H and O–H groups in total. The molecule has 6 nitrogen and oxygen atoms in total. The van der Waals surface area contributed by atoms with Crippen LogP contribution in [0.4, 0.5) is 0 Å². The Morgan fingerprint density at radius 2 is 0.735 bits per heavy atom. The highest BCUT2D eigenvalue weighted by molar-refractivity contribution is 5.87. The summed E-state index contributed by atoms with van der Waals surface area (Å²) in [5.74, 6) is 1.16. The Balaban J connectivity index is 1.98. The van der Waals surface area contributed by atoms with Gasteiger partial charge in [-0.05, 0) is 59.7 Å². The minimum absolute atomic E-state index is 0.408. The van der Waals surface area contributed by atoms with Crippen molar-refractivity contribution in [3.05, 3.63) is 93.0 Å². The van der Waals surface area contributed by atoms with Crippen LogP contribution in [0.5, 0.6) is 11.5 Å². The average Bonchev–Trinajstić information content (AvgIpc) is 2.89. The molecule has 0 saturated carbocycles. The number of hydrogen-bond acceptors (Lipinski definition) is 6. The van der Waals surface area contributed by atoms with Crippen molar-refractivity contribution in [3.63, 3.8) is 0 Å². The van der Waals surface area contributed by atoms with Crippen molar-refractivity contribution in [1.82, 2.24) is 0 Å². The van der Waals surface area contributed by atoms with Crippen LogP contribution >= 0.6 is 0 Å². The summed E-state index contributed by atoms with van der Waals surface area (Å²) >= 11 is 0. The van der Waals surface area contributed by atoms with Gasteiger partial charge in [-0.3, -0.25) is 19.2 Å². The van der Waals surface area contributed by atoms with Crippen molar-refractivity contribution in [1.29, 1.82) is 0 Å². The summed E-state index contributed by atoms with van der Waals surface area (Å²) in [6.07, 6.45) is 9.93. The molecule has 0 atom stereocenters. The molecule has 0 radical (unpaired) electrons. The molecule has 3 rings (SSSR count). The summed E-state index contributed by atoms with van der Waals surface area (Å²) < 4.78 is 11.1. The van der Waals surface area contributed by atoms with Crippen molar-refractivity contribution in [3.8, 4) is 11.5 Å². The van der Waals surface area contributed by atoms with E-state index in [0.717, 1.165) is 11.1 Å². The van der Waals surface area contributed by atoms with Gasteiger partial charge in [-0.15, -0.1) is 0 Å². The molecule has 0 aliphatic heterocycles. The van der Waals surface area contributed by atoms with Gasteiger partial charge >= 0.3 is 0 Å². The minimum atomic E-state index is 0.408. The van der Waals surface area contributed by atoms with Crippen LogP contribution in [-0.2, 0) is 0 Å². The van der Waals surface area contributed by atoms with E-state index in [-0.39, 0.29) is 0 Å². The second kappa shape index (κ2) is 11.3. The maximum Gasteiger partial charge on any atom is 0.150 e. The molecule has 3 aromatic rings.